The first kappa shape index (κ1) is 11.9. The van der Waals surface area contributed by atoms with Gasteiger partial charge in [-0.1, -0.05) is 0 Å². The van der Waals surface area contributed by atoms with Crippen molar-refractivity contribution in [3.05, 3.63) is 29.0 Å². The van der Waals surface area contributed by atoms with E-state index in [-0.39, 0.29) is 0 Å². The number of alkyl halides is 2. The van der Waals surface area contributed by atoms with Crippen LogP contribution in [0.5, 0.6) is 0 Å². The molecule has 4 nitrogen and oxygen atoms in total. The number of hydrogen-bond donors (Lipinski definition) is 0. The van der Waals surface area contributed by atoms with Crippen LogP contribution in [0, 0.1) is 17.4 Å². The number of nitro groups is 1. The van der Waals surface area contributed by atoms with Gasteiger partial charge in [-0.25, -0.2) is 8.78 Å². The molecule has 0 amide bonds. The molecule has 0 aliphatic carbocycles. The van der Waals surface area contributed by atoms with Gasteiger partial charge < -0.3 is 10.1 Å². The molecule has 0 saturated carbocycles. The van der Waals surface area contributed by atoms with Crippen molar-refractivity contribution in [2.45, 2.75) is 6.43 Å². The zero-order valence-corrected chi connectivity index (χ0v) is 10.7. The van der Waals surface area contributed by atoms with Crippen LogP contribution >= 0.6 is 45.2 Å². The highest BCUT2D eigenvalue weighted by atomic mass is 127. The number of nitrogens with zero attached hydrogens (tertiary/aromatic N) is 2. The Hall–Kier alpha value is -0.130. The molecule has 1 aromatic rings. The second-order valence-corrected chi connectivity index (χ2v) is 4.42. The van der Waals surface area contributed by atoms with E-state index in [0.29, 0.717) is 7.27 Å². The van der Waals surface area contributed by atoms with Gasteiger partial charge in [-0.15, -0.1) is 0 Å². The molecule has 1 aromatic heterocycles. The van der Waals surface area contributed by atoms with Crippen molar-refractivity contribution in [1.29, 1.82) is 0 Å². The lowest BCUT2D eigenvalue weighted by molar-refractivity contribution is -0.391. The Morgan fingerprint density at radius 1 is 1.50 bits per heavy atom. The second kappa shape index (κ2) is 4.59. The lowest BCUT2D eigenvalue weighted by atomic mass is 10.3. The zero-order valence-electron chi connectivity index (χ0n) is 6.38. The van der Waals surface area contributed by atoms with Gasteiger partial charge in [0.05, 0.1) is 3.57 Å². The van der Waals surface area contributed by atoms with E-state index in [1.165, 1.54) is 0 Å². The molecular formula is C6H2F2I2N2O2. The Morgan fingerprint density at radius 3 is 2.50 bits per heavy atom. The van der Waals surface area contributed by atoms with E-state index in [2.05, 4.69) is 4.98 Å². The number of pyridine rings is 1. The SMILES string of the molecule is O=[N+]([O-])c1nc(I)c(I)cc1C(F)F. The molecule has 0 N–H and O–H groups in total. The monoisotopic (exact) mass is 426 g/mol. The van der Waals surface area contributed by atoms with E-state index in [9.17, 15) is 18.9 Å². The summed E-state index contributed by atoms with van der Waals surface area (Å²) in [7, 11) is 0. The number of halogens is 4. The minimum atomic E-state index is -2.88. The smallest absolute Gasteiger partial charge is 0.358 e. The largest absolute Gasteiger partial charge is 0.373 e. The van der Waals surface area contributed by atoms with Crippen molar-refractivity contribution in [3.8, 4) is 0 Å². The molecular weight excluding hydrogens is 424 g/mol. The molecule has 1 rings (SSSR count). The minimum Gasteiger partial charge on any atom is -0.358 e. The summed E-state index contributed by atoms with van der Waals surface area (Å²) in [5.74, 6) is -0.773. The first-order valence-corrected chi connectivity index (χ1v) is 5.37. The van der Waals surface area contributed by atoms with Gasteiger partial charge in [0.2, 0.25) is 3.70 Å². The Bertz CT molecular complexity index is 386. The van der Waals surface area contributed by atoms with Crippen molar-refractivity contribution in [1.82, 2.24) is 4.98 Å². The van der Waals surface area contributed by atoms with E-state index in [4.69, 9.17) is 0 Å². The Morgan fingerprint density at radius 2 is 2.07 bits per heavy atom. The standard InChI is InChI=1S/C6H2F2I2N2O2/c7-4(8)2-1-3(9)5(10)11-6(2)12(13)14/h1,4H. The quantitative estimate of drug-likeness (QED) is 0.316. The van der Waals surface area contributed by atoms with E-state index in [1.54, 1.807) is 45.2 Å². The predicted molar refractivity (Wildman–Crippen MR) is 61.3 cm³/mol. The van der Waals surface area contributed by atoms with Crippen LogP contribution in [0.3, 0.4) is 0 Å². The van der Waals surface area contributed by atoms with Gasteiger partial charge in [0.15, 0.2) is 0 Å². The number of rotatable bonds is 2. The first-order valence-electron chi connectivity index (χ1n) is 3.22. The minimum absolute atomic E-state index is 0.347. The summed E-state index contributed by atoms with van der Waals surface area (Å²) in [4.78, 5) is 13.0. The normalized spacial score (nSPS) is 10.6. The van der Waals surface area contributed by atoms with Crippen molar-refractivity contribution in [2.75, 3.05) is 0 Å². The Balaban J connectivity index is 3.39. The molecule has 0 spiro atoms. The maximum Gasteiger partial charge on any atom is 0.373 e. The van der Waals surface area contributed by atoms with Gasteiger partial charge in [0, 0.05) is 22.6 Å². The molecule has 0 aromatic carbocycles. The summed E-state index contributed by atoms with van der Waals surface area (Å²) in [5.41, 5.74) is -0.639. The summed E-state index contributed by atoms with van der Waals surface area (Å²) < 4.78 is 25.5. The van der Waals surface area contributed by atoms with Crippen LogP contribution in [0.15, 0.2) is 6.07 Å². The Labute approximate surface area is 105 Å². The highest BCUT2D eigenvalue weighted by Gasteiger charge is 2.25. The van der Waals surface area contributed by atoms with Crippen LogP contribution in [-0.2, 0) is 0 Å². The fourth-order valence-corrected chi connectivity index (χ4v) is 1.62. The molecule has 1 heterocycles. The molecule has 0 unspecified atom stereocenters. The van der Waals surface area contributed by atoms with Crippen LogP contribution in [0.25, 0.3) is 0 Å². The van der Waals surface area contributed by atoms with Gasteiger partial charge >= 0.3 is 5.82 Å². The Kier molecular flexibility index (Phi) is 3.92. The third-order valence-corrected chi connectivity index (χ3v) is 4.03. The molecule has 8 heteroatoms. The summed E-state index contributed by atoms with van der Waals surface area (Å²) in [6.07, 6.45) is -2.88. The second-order valence-electron chi connectivity index (χ2n) is 2.23. The van der Waals surface area contributed by atoms with Crippen molar-refractivity contribution in [2.24, 2.45) is 0 Å². The average Bonchev–Trinajstić information content (AvgIpc) is 2.08. The maximum atomic E-state index is 12.3. The molecule has 0 saturated heterocycles. The molecule has 0 aliphatic heterocycles. The summed E-state index contributed by atoms with van der Waals surface area (Å²) in [6, 6.07) is 1.08. The fraction of sp³-hybridized carbons (Fsp3) is 0.167. The van der Waals surface area contributed by atoms with E-state index in [1.807, 2.05) is 0 Å². The zero-order chi connectivity index (χ0) is 10.9. The van der Waals surface area contributed by atoms with E-state index >= 15 is 0 Å². The van der Waals surface area contributed by atoms with Crippen LogP contribution < -0.4 is 0 Å². The maximum absolute atomic E-state index is 12.3. The number of hydrogen-bond acceptors (Lipinski definition) is 3. The lowest BCUT2D eigenvalue weighted by Gasteiger charge is -2.01. The highest BCUT2D eigenvalue weighted by Crippen LogP contribution is 2.30. The summed E-state index contributed by atoms with van der Waals surface area (Å²) in [5, 5.41) is 10.4. The molecule has 76 valence electrons. The molecule has 14 heavy (non-hydrogen) atoms. The van der Waals surface area contributed by atoms with Crippen molar-refractivity contribution >= 4 is 51.0 Å². The molecule has 0 radical (unpaired) electrons. The summed E-state index contributed by atoms with van der Waals surface area (Å²) >= 11 is 3.55. The van der Waals surface area contributed by atoms with E-state index < -0.39 is 22.7 Å². The fourth-order valence-electron chi connectivity index (χ4n) is 0.778. The van der Waals surface area contributed by atoms with Crippen LogP contribution in [0.2, 0.25) is 0 Å². The first-order chi connectivity index (χ1) is 6.43. The lowest BCUT2D eigenvalue weighted by Crippen LogP contribution is -2.02. The average molecular weight is 426 g/mol. The molecule has 0 aliphatic rings. The van der Waals surface area contributed by atoms with Gasteiger partial charge in [-0.3, -0.25) is 0 Å². The molecule has 0 fully saturated rings. The van der Waals surface area contributed by atoms with Gasteiger partial charge in [0.1, 0.15) is 5.56 Å². The highest BCUT2D eigenvalue weighted by molar-refractivity contribution is 14.1. The van der Waals surface area contributed by atoms with Gasteiger partial charge in [-0.2, -0.15) is 0 Å². The van der Waals surface area contributed by atoms with Crippen molar-refractivity contribution < 1.29 is 13.7 Å². The van der Waals surface area contributed by atoms with Gasteiger partial charge in [0.25, 0.3) is 6.43 Å². The van der Waals surface area contributed by atoms with E-state index in [0.717, 1.165) is 6.07 Å². The van der Waals surface area contributed by atoms with Crippen LogP contribution in [0.1, 0.15) is 12.0 Å². The number of aromatic nitrogens is 1. The van der Waals surface area contributed by atoms with Crippen LogP contribution in [0.4, 0.5) is 14.6 Å². The van der Waals surface area contributed by atoms with Gasteiger partial charge in [-0.05, 0) is 38.6 Å². The molecule has 0 bridgehead atoms. The van der Waals surface area contributed by atoms with Crippen LogP contribution in [-0.4, -0.2) is 9.91 Å². The summed E-state index contributed by atoms with van der Waals surface area (Å²) in [6.45, 7) is 0. The topological polar surface area (TPSA) is 56.0 Å². The predicted octanol–water partition coefficient (Wildman–Crippen LogP) is 3.14. The third-order valence-electron chi connectivity index (χ3n) is 1.35. The molecule has 0 atom stereocenters. The van der Waals surface area contributed by atoms with Crippen molar-refractivity contribution in [3.63, 3.8) is 0 Å². The third kappa shape index (κ3) is 2.46.